The Hall–Kier alpha value is -4.71. The van der Waals surface area contributed by atoms with Crippen LogP contribution in [-0.4, -0.2) is 21.7 Å². The van der Waals surface area contributed by atoms with Crippen LogP contribution >= 0.6 is 0 Å². The van der Waals surface area contributed by atoms with Gasteiger partial charge in [0.1, 0.15) is 23.9 Å². The van der Waals surface area contributed by atoms with E-state index >= 15 is 0 Å². The van der Waals surface area contributed by atoms with E-state index in [1.54, 1.807) is 30.3 Å². The van der Waals surface area contributed by atoms with E-state index in [4.69, 9.17) is 4.74 Å². The van der Waals surface area contributed by atoms with E-state index < -0.39 is 17.7 Å². The molecule has 1 aliphatic heterocycles. The van der Waals surface area contributed by atoms with Crippen LogP contribution in [0.3, 0.4) is 0 Å². The zero-order chi connectivity index (χ0) is 27.5. The van der Waals surface area contributed by atoms with Crippen molar-refractivity contribution in [3.63, 3.8) is 0 Å². The SMILES string of the molecule is Cc1cccc(C2/C(=C(/O)c3ccc(OCc4ccccc4)c(C)c3)C(=O)C(=O)N2Cc2ccc(F)cc2)c1. The first-order valence-corrected chi connectivity index (χ1v) is 12.7. The van der Waals surface area contributed by atoms with Gasteiger partial charge in [0.2, 0.25) is 0 Å². The molecule has 1 unspecified atom stereocenters. The van der Waals surface area contributed by atoms with Gasteiger partial charge in [-0.25, -0.2) is 4.39 Å². The minimum Gasteiger partial charge on any atom is -0.507 e. The molecule has 1 N–H and O–H groups in total. The summed E-state index contributed by atoms with van der Waals surface area (Å²) in [5, 5.41) is 11.4. The molecule has 5 rings (SSSR count). The molecule has 4 aromatic rings. The van der Waals surface area contributed by atoms with Crippen molar-refractivity contribution >= 4 is 17.4 Å². The summed E-state index contributed by atoms with van der Waals surface area (Å²) in [5.41, 5.74) is 4.58. The average molecular weight is 522 g/mol. The molecular formula is C33H28FNO4. The molecule has 196 valence electrons. The van der Waals surface area contributed by atoms with Gasteiger partial charge in [0.15, 0.2) is 0 Å². The van der Waals surface area contributed by atoms with E-state index in [2.05, 4.69) is 0 Å². The fraction of sp³-hybridized carbons (Fsp3) is 0.152. The third kappa shape index (κ3) is 5.46. The molecule has 39 heavy (non-hydrogen) atoms. The van der Waals surface area contributed by atoms with Gasteiger partial charge >= 0.3 is 0 Å². The molecule has 1 atom stereocenters. The molecule has 1 heterocycles. The van der Waals surface area contributed by atoms with E-state index in [9.17, 15) is 19.1 Å². The summed E-state index contributed by atoms with van der Waals surface area (Å²) in [7, 11) is 0. The van der Waals surface area contributed by atoms with Crippen LogP contribution in [0.5, 0.6) is 5.75 Å². The van der Waals surface area contributed by atoms with Crippen LogP contribution < -0.4 is 4.74 Å². The fourth-order valence-electron chi connectivity index (χ4n) is 4.87. The maximum Gasteiger partial charge on any atom is 0.295 e. The van der Waals surface area contributed by atoms with Crippen LogP contribution in [0.25, 0.3) is 5.76 Å². The summed E-state index contributed by atoms with van der Waals surface area (Å²) >= 11 is 0. The van der Waals surface area contributed by atoms with E-state index in [1.807, 2.05) is 68.4 Å². The Kier molecular flexibility index (Phi) is 7.28. The molecule has 1 amide bonds. The number of benzene rings is 4. The Labute approximate surface area is 226 Å². The average Bonchev–Trinajstić information content (AvgIpc) is 3.18. The first-order chi connectivity index (χ1) is 18.8. The first kappa shape index (κ1) is 25.9. The van der Waals surface area contributed by atoms with Gasteiger partial charge in [-0.05, 0) is 66.4 Å². The van der Waals surface area contributed by atoms with Crippen LogP contribution in [-0.2, 0) is 22.7 Å². The van der Waals surface area contributed by atoms with Gasteiger partial charge in [-0.1, -0.05) is 72.3 Å². The van der Waals surface area contributed by atoms with Crippen LogP contribution in [0.2, 0.25) is 0 Å². The number of rotatable bonds is 7. The molecule has 0 aromatic heterocycles. The summed E-state index contributed by atoms with van der Waals surface area (Å²) in [4.78, 5) is 28.1. The van der Waals surface area contributed by atoms with Crippen molar-refractivity contribution in [2.24, 2.45) is 0 Å². The second-order valence-corrected chi connectivity index (χ2v) is 9.72. The normalized spacial score (nSPS) is 16.5. The monoisotopic (exact) mass is 521 g/mol. The molecule has 5 nitrogen and oxygen atoms in total. The third-order valence-electron chi connectivity index (χ3n) is 6.85. The van der Waals surface area contributed by atoms with Crippen molar-refractivity contribution in [3.8, 4) is 5.75 Å². The molecule has 4 aromatic carbocycles. The lowest BCUT2D eigenvalue weighted by Gasteiger charge is -2.26. The maximum absolute atomic E-state index is 13.5. The van der Waals surface area contributed by atoms with Crippen molar-refractivity contribution in [1.82, 2.24) is 4.90 Å². The number of ether oxygens (including phenoxy) is 1. The highest BCUT2D eigenvalue weighted by Crippen LogP contribution is 2.41. The predicted molar refractivity (Wildman–Crippen MR) is 147 cm³/mol. The van der Waals surface area contributed by atoms with Gasteiger partial charge in [0.25, 0.3) is 11.7 Å². The largest absolute Gasteiger partial charge is 0.507 e. The minimum atomic E-state index is -0.802. The quantitative estimate of drug-likeness (QED) is 0.168. The summed E-state index contributed by atoms with van der Waals surface area (Å²) in [6.07, 6.45) is 0. The van der Waals surface area contributed by atoms with Crippen LogP contribution in [0, 0.1) is 19.7 Å². The second-order valence-electron chi connectivity index (χ2n) is 9.72. The van der Waals surface area contributed by atoms with Gasteiger partial charge in [0.05, 0.1) is 11.6 Å². The van der Waals surface area contributed by atoms with Crippen molar-refractivity contribution in [2.45, 2.75) is 33.0 Å². The number of ketones is 1. The Bertz CT molecular complexity index is 1560. The van der Waals surface area contributed by atoms with Gasteiger partial charge in [-0.15, -0.1) is 0 Å². The molecule has 0 aliphatic carbocycles. The number of hydrogen-bond acceptors (Lipinski definition) is 4. The zero-order valence-electron chi connectivity index (χ0n) is 21.7. The summed E-state index contributed by atoms with van der Waals surface area (Å²) in [6.45, 7) is 4.27. The van der Waals surface area contributed by atoms with Crippen molar-refractivity contribution in [3.05, 3.63) is 142 Å². The number of carbonyl (C=O) groups excluding carboxylic acids is 2. The van der Waals surface area contributed by atoms with E-state index in [0.717, 1.165) is 16.7 Å². The smallest absolute Gasteiger partial charge is 0.295 e. The molecule has 1 saturated heterocycles. The number of likely N-dealkylation sites (tertiary alicyclic amines) is 1. The number of aliphatic hydroxyl groups is 1. The molecule has 1 fully saturated rings. The summed E-state index contributed by atoms with van der Waals surface area (Å²) in [5.74, 6) is -1.46. The molecule has 1 aliphatic rings. The van der Waals surface area contributed by atoms with Gasteiger partial charge in [-0.3, -0.25) is 9.59 Å². The Morgan fingerprint density at radius 2 is 1.62 bits per heavy atom. The number of aryl methyl sites for hydroxylation is 2. The highest BCUT2D eigenvalue weighted by molar-refractivity contribution is 6.46. The van der Waals surface area contributed by atoms with Crippen LogP contribution in [0.4, 0.5) is 4.39 Å². The molecular weight excluding hydrogens is 493 g/mol. The molecule has 6 heteroatoms. The number of Topliss-reactive ketones (excluding diaryl/α,β-unsaturated/α-hetero) is 1. The lowest BCUT2D eigenvalue weighted by Crippen LogP contribution is -2.29. The topological polar surface area (TPSA) is 66.8 Å². The standard InChI is InChI=1S/C33H28FNO4/c1-21-7-6-10-25(17-21)30-29(32(37)33(38)35(30)19-23-11-14-27(34)15-12-23)31(36)26-13-16-28(22(2)18-26)39-20-24-8-4-3-5-9-24/h3-18,30,36H,19-20H2,1-2H3/b31-29-. The number of halogens is 1. The Morgan fingerprint density at radius 3 is 2.31 bits per heavy atom. The predicted octanol–water partition coefficient (Wildman–Crippen LogP) is 6.64. The Balaban J connectivity index is 1.52. The minimum absolute atomic E-state index is 0.0186. The summed E-state index contributed by atoms with van der Waals surface area (Å²) < 4.78 is 19.5. The summed E-state index contributed by atoms with van der Waals surface area (Å²) in [6, 6.07) is 27.5. The molecule has 0 saturated carbocycles. The number of hydrogen-bond donors (Lipinski definition) is 1. The lowest BCUT2D eigenvalue weighted by atomic mass is 9.94. The van der Waals surface area contributed by atoms with Crippen molar-refractivity contribution in [1.29, 1.82) is 0 Å². The lowest BCUT2D eigenvalue weighted by molar-refractivity contribution is -0.140. The van der Waals surface area contributed by atoms with E-state index in [1.165, 1.54) is 17.0 Å². The van der Waals surface area contributed by atoms with Crippen LogP contribution in [0.15, 0.2) is 103 Å². The van der Waals surface area contributed by atoms with Crippen molar-refractivity contribution < 1.29 is 23.8 Å². The number of aliphatic hydroxyl groups excluding tert-OH is 1. The van der Waals surface area contributed by atoms with Crippen LogP contribution in [0.1, 0.15) is 39.4 Å². The fourth-order valence-corrected chi connectivity index (χ4v) is 4.87. The van der Waals surface area contributed by atoms with Gasteiger partial charge in [-0.2, -0.15) is 0 Å². The molecule has 0 radical (unpaired) electrons. The Morgan fingerprint density at radius 1 is 0.872 bits per heavy atom. The molecule has 0 spiro atoms. The molecule has 0 bridgehead atoms. The van der Waals surface area contributed by atoms with Gasteiger partial charge in [0, 0.05) is 12.1 Å². The van der Waals surface area contributed by atoms with E-state index in [0.29, 0.717) is 29.0 Å². The third-order valence-corrected chi connectivity index (χ3v) is 6.85. The second kappa shape index (κ2) is 11.0. The number of nitrogens with zero attached hydrogens (tertiary/aromatic N) is 1. The zero-order valence-corrected chi connectivity index (χ0v) is 21.7. The van der Waals surface area contributed by atoms with Gasteiger partial charge < -0.3 is 14.7 Å². The van der Waals surface area contributed by atoms with E-state index in [-0.39, 0.29) is 23.7 Å². The highest BCUT2D eigenvalue weighted by atomic mass is 19.1. The first-order valence-electron chi connectivity index (χ1n) is 12.7. The van der Waals surface area contributed by atoms with Crippen molar-refractivity contribution in [2.75, 3.05) is 0 Å². The highest BCUT2D eigenvalue weighted by Gasteiger charge is 2.46. The number of amides is 1. The number of carbonyl (C=O) groups is 2. The maximum atomic E-state index is 13.5.